The van der Waals surface area contributed by atoms with Gasteiger partial charge < -0.3 is 23.5 Å². The maximum Gasteiger partial charge on any atom is 0.258 e. The van der Waals surface area contributed by atoms with E-state index in [0.717, 1.165) is 43.5 Å². The summed E-state index contributed by atoms with van der Waals surface area (Å²) in [4.78, 5) is 15.3. The van der Waals surface area contributed by atoms with E-state index in [1.807, 2.05) is 47.4 Å². The van der Waals surface area contributed by atoms with Gasteiger partial charge in [0.2, 0.25) is 0 Å². The zero-order valence-electron chi connectivity index (χ0n) is 16.8. The number of methoxy groups -OCH3 is 2. The van der Waals surface area contributed by atoms with Crippen molar-refractivity contribution in [3.05, 3.63) is 53.8 Å². The van der Waals surface area contributed by atoms with Crippen LogP contribution in [0.5, 0.6) is 17.2 Å². The average Bonchev–Trinajstić information content (AvgIpc) is 3.15. The molecule has 1 fully saturated rings. The van der Waals surface area contributed by atoms with Gasteiger partial charge >= 0.3 is 0 Å². The van der Waals surface area contributed by atoms with E-state index in [1.165, 1.54) is 0 Å². The Morgan fingerprint density at radius 2 is 1.59 bits per heavy atom. The molecule has 1 aliphatic rings. The van der Waals surface area contributed by atoms with Crippen molar-refractivity contribution in [3.8, 4) is 17.2 Å². The van der Waals surface area contributed by atoms with Crippen LogP contribution in [0.2, 0.25) is 0 Å². The smallest absolute Gasteiger partial charge is 0.258 e. The maximum absolute atomic E-state index is 13.3. The predicted molar refractivity (Wildman–Crippen MR) is 110 cm³/mol. The minimum Gasteiger partial charge on any atom is -0.497 e. The van der Waals surface area contributed by atoms with Gasteiger partial charge in [-0.15, -0.1) is 0 Å². The molecule has 152 valence electrons. The third kappa shape index (κ3) is 4.01. The fourth-order valence-electron chi connectivity index (χ4n) is 3.67. The van der Waals surface area contributed by atoms with E-state index in [1.54, 1.807) is 14.2 Å². The number of piperidine rings is 1. The average molecular weight is 395 g/mol. The summed E-state index contributed by atoms with van der Waals surface area (Å²) >= 11 is 0. The monoisotopic (exact) mass is 395 g/mol. The first-order valence-corrected chi connectivity index (χ1v) is 9.85. The minimum absolute atomic E-state index is 0.00923. The molecule has 0 radical (unpaired) electrons. The number of likely N-dealkylation sites (tertiary alicyclic amines) is 1. The van der Waals surface area contributed by atoms with E-state index in [4.69, 9.17) is 18.6 Å². The van der Waals surface area contributed by atoms with Gasteiger partial charge in [-0.3, -0.25) is 4.79 Å². The summed E-state index contributed by atoms with van der Waals surface area (Å²) in [7, 11) is 3.23. The fourth-order valence-corrected chi connectivity index (χ4v) is 3.67. The first-order valence-electron chi connectivity index (χ1n) is 9.85. The second kappa shape index (κ2) is 8.47. The first-order chi connectivity index (χ1) is 14.2. The molecule has 0 saturated carbocycles. The zero-order chi connectivity index (χ0) is 20.2. The SMILES string of the molecule is COc1ccc(OCc2oc3ccc(OC)cc3c2C(=O)N2CCCCC2)cc1. The molecule has 1 aliphatic heterocycles. The third-order valence-electron chi connectivity index (χ3n) is 5.25. The van der Waals surface area contributed by atoms with Crippen molar-refractivity contribution in [2.24, 2.45) is 0 Å². The molecule has 0 spiro atoms. The molecule has 1 saturated heterocycles. The maximum atomic E-state index is 13.3. The fraction of sp³-hybridized carbons (Fsp3) is 0.348. The highest BCUT2D eigenvalue weighted by molar-refractivity contribution is 6.07. The van der Waals surface area contributed by atoms with Crippen LogP contribution in [0.1, 0.15) is 35.4 Å². The van der Waals surface area contributed by atoms with Crippen LogP contribution in [0.4, 0.5) is 0 Å². The van der Waals surface area contributed by atoms with Gasteiger partial charge in [-0.05, 0) is 61.7 Å². The summed E-state index contributed by atoms with van der Waals surface area (Å²) in [6, 6.07) is 12.8. The van der Waals surface area contributed by atoms with Crippen LogP contribution in [0.25, 0.3) is 11.0 Å². The molecule has 29 heavy (non-hydrogen) atoms. The molecule has 6 heteroatoms. The molecule has 1 amide bonds. The Hall–Kier alpha value is -3.15. The standard InChI is InChI=1S/C23H25NO5/c1-26-16-6-8-17(9-7-16)28-15-21-22(23(25)24-12-4-3-5-13-24)19-14-18(27-2)10-11-20(19)29-21/h6-11,14H,3-5,12-13,15H2,1-2H3. The van der Waals surface area contributed by atoms with Crippen LogP contribution in [-0.4, -0.2) is 38.1 Å². The summed E-state index contributed by atoms with van der Waals surface area (Å²) in [6.07, 6.45) is 3.22. The number of benzene rings is 2. The summed E-state index contributed by atoms with van der Waals surface area (Å²) in [6.45, 7) is 1.71. The molecule has 0 atom stereocenters. The van der Waals surface area contributed by atoms with Crippen LogP contribution in [0.3, 0.4) is 0 Å². The van der Waals surface area contributed by atoms with Crippen LogP contribution in [0, 0.1) is 0 Å². The molecule has 0 aliphatic carbocycles. The van der Waals surface area contributed by atoms with Crippen LogP contribution in [0.15, 0.2) is 46.9 Å². The Morgan fingerprint density at radius 3 is 2.28 bits per heavy atom. The van der Waals surface area contributed by atoms with Gasteiger partial charge in [0.1, 0.15) is 29.4 Å². The topological polar surface area (TPSA) is 61.1 Å². The van der Waals surface area contributed by atoms with E-state index in [2.05, 4.69) is 0 Å². The van der Waals surface area contributed by atoms with Crippen molar-refractivity contribution in [3.63, 3.8) is 0 Å². The summed E-state index contributed by atoms with van der Waals surface area (Å²) in [5.41, 5.74) is 1.22. The lowest BCUT2D eigenvalue weighted by atomic mass is 10.1. The van der Waals surface area contributed by atoms with Crippen molar-refractivity contribution in [2.45, 2.75) is 25.9 Å². The molecular formula is C23H25NO5. The van der Waals surface area contributed by atoms with E-state index in [-0.39, 0.29) is 12.5 Å². The number of fused-ring (bicyclic) bond motifs is 1. The molecule has 0 unspecified atom stereocenters. The number of furan rings is 1. The molecule has 1 aromatic heterocycles. The Morgan fingerprint density at radius 1 is 0.931 bits per heavy atom. The van der Waals surface area contributed by atoms with Gasteiger partial charge in [-0.25, -0.2) is 0 Å². The Balaban J connectivity index is 1.66. The molecule has 0 N–H and O–H groups in total. The molecule has 2 heterocycles. The highest BCUT2D eigenvalue weighted by Crippen LogP contribution is 2.32. The number of amides is 1. The molecule has 0 bridgehead atoms. The van der Waals surface area contributed by atoms with Crippen molar-refractivity contribution in [1.29, 1.82) is 0 Å². The number of hydrogen-bond acceptors (Lipinski definition) is 5. The second-order valence-electron chi connectivity index (χ2n) is 7.08. The van der Waals surface area contributed by atoms with Crippen molar-refractivity contribution in [2.75, 3.05) is 27.3 Å². The molecular weight excluding hydrogens is 370 g/mol. The number of carbonyl (C=O) groups is 1. The van der Waals surface area contributed by atoms with Crippen molar-refractivity contribution >= 4 is 16.9 Å². The predicted octanol–water partition coefficient (Wildman–Crippen LogP) is 4.66. The molecule has 6 nitrogen and oxygen atoms in total. The second-order valence-corrected chi connectivity index (χ2v) is 7.08. The van der Waals surface area contributed by atoms with Crippen molar-refractivity contribution < 1.29 is 23.4 Å². The van der Waals surface area contributed by atoms with Gasteiger partial charge in [0.15, 0.2) is 5.76 Å². The number of hydrogen-bond donors (Lipinski definition) is 0. The number of rotatable bonds is 6. The van der Waals surface area contributed by atoms with Crippen LogP contribution in [-0.2, 0) is 6.61 Å². The van der Waals surface area contributed by atoms with Crippen LogP contribution < -0.4 is 14.2 Å². The van der Waals surface area contributed by atoms with E-state index in [0.29, 0.717) is 28.4 Å². The molecule has 2 aromatic carbocycles. The lowest BCUT2D eigenvalue weighted by Gasteiger charge is -2.26. The van der Waals surface area contributed by atoms with E-state index < -0.39 is 0 Å². The lowest BCUT2D eigenvalue weighted by Crippen LogP contribution is -2.36. The van der Waals surface area contributed by atoms with Gasteiger partial charge in [0, 0.05) is 18.5 Å². The van der Waals surface area contributed by atoms with Crippen LogP contribution >= 0.6 is 0 Å². The third-order valence-corrected chi connectivity index (χ3v) is 5.25. The van der Waals surface area contributed by atoms with Gasteiger partial charge in [0.05, 0.1) is 19.8 Å². The van der Waals surface area contributed by atoms with E-state index >= 15 is 0 Å². The number of carbonyl (C=O) groups excluding carboxylic acids is 1. The number of ether oxygens (including phenoxy) is 3. The summed E-state index contributed by atoms with van der Waals surface area (Å²) in [5, 5.41) is 0.758. The summed E-state index contributed by atoms with van der Waals surface area (Å²) < 4.78 is 22.5. The minimum atomic E-state index is -0.00923. The normalized spacial score (nSPS) is 14.1. The quantitative estimate of drug-likeness (QED) is 0.608. The first kappa shape index (κ1) is 19.2. The number of nitrogens with zero attached hydrogens (tertiary/aromatic N) is 1. The van der Waals surface area contributed by atoms with E-state index in [9.17, 15) is 4.79 Å². The zero-order valence-corrected chi connectivity index (χ0v) is 16.8. The molecule has 4 rings (SSSR count). The largest absolute Gasteiger partial charge is 0.497 e. The van der Waals surface area contributed by atoms with Crippen molar-refractivity contribution in [1.82, 2.24) is 4.90 Å². The van der Waals surface area contributed by atoms with Gasteiger partial charge in [-0.2, -0.15) is 0 Å². The molecule has 3 aromatic rings. The highest BCUT2D eigenvalue weighted by Gasteiger charge is 2.27. The lowest BCUT2D eigenvalue weighted by molar-refractivity contribution is 0.0721. The summed E-state index contributed by atoms with van der Waals surface area (Å²) in [5.74, 6) is 2.65. The van der Waals surface area contributed by atoms with Gasteiger partial charge in [0.25, 0.3) is 5.91 Å². The van der Waals surface area contributed by atoms with Gasteiger partial charge in [-0.1, -0.05) is 0 Å². The Kier molecular flexibility index (Phi) is 5.60. The highest BCUT2D eigenvalue weighted by atomic mass is 16.5. The Bertz CT molecular complexity index is 986. The Labute approximate surface area is 170 Å².